The van der Waals surface area contributed by atoms with Crippen molar-refractivity contribution in [2.75, 3.05) is 7.11 Å². The number of ether oxygens (including phenoxy) is 2. The van der Waals surface area contributed by atoms with Crippen LogP contribution in [0.15, 0.2) is 18.2 Å². The minimum Gasteiger partial charge on any atom is -0.488 e. The van der Waals surface area contributed by atoms with Crippen LogP contribution >= 0.6 is 22.9 Å². The molecule has 0 unspecified atom stereocenters. The summed E-state index contributed by atoms with van der Waals surface area (Å²) in [5, 5.41) is 0. The summed E-state index contributed by atoms with van der Waals surface area (Å²) >= 11 is 7.56. The molecule has 124 valence electrons. The largest absolute Gasteiger partial charge is 0.488 e. The molecule has 1 heterocycles. The molecular formula is C19H23ClO2S. The van der Waals surface area contributed by atoms with E-state index >= 15 is 0 Å². The molecule has 0 aliphatic heterocycles. The maximum atomic E-state index is 6.11. The van der Waals surface area contributed by atoms with Crippen molar-refractivity contribution in [3.05, 3.63) is 49.7 Å². The third-order valence-corrected chi connectivity index (χ3v) is 6.03. The number of halogens is 1. The Bertz CT molecular complexity index is 708. The van der Waals surface area contributed by atoms with Gasteiger partial charge in [-0.3, -0.25) is 0 Å². The molecule has 3 rings (SSSR count). The van der Waals surface area contributed by atoms with Gasteiger partial charge in [-0.2, -0.15) is 0 Å². The Kier molecular flexibility index (Phi) is 5.00. The lowest BCUT2D eigenvalue weighted by molar-refractivity contribution is 0.0470. The number of thiophene rings is 1. The van der Waals surface area contributed by atoms with Gasteiger partial charge < -0.3 is 9.47 Å². The van der Waals surface area contributed by atoms with Gasteiger partial charge >= 0.3 is 0 Å². The van der Waals surface area contributed by atoms with Gasteiger partial charge in [0.05, 0.1) is 10.4 Å². The minimum atomic E-state index is 0.164. The number of methoxy groups -OCH3 is 1. The Balaban J connectivity index is 1.93. The highest BCUT2D eigenvalue weighted by molar-refractivity contribution is 7.16. The van der Waals surface area contributed by atoms with Crippen molar-refractivity contribution in [1.29, 1.82) is 0 Å². The van der Waals surface area contributed by atoms with E-state index in [2.05, 4.69) is 26.8 Å². The third-order valence-electron chi connectivity index (χ3n) is 4.83. The van der Waals surface area contributed by atoms with E-state index in [1.807, 2.05) is 19.2 Å². The maximum Gasteiger partial charge on any atom is 0.123 e. The first-order valence-electron chi connectivity index (χ1n) is 8.04. The fraction of sp³-hybridized carbons (Fsp3) is 0.474. The van der Waals surface area contributed by atoms with Gasteiger partial charge in [0.25, 0.3) is 0 Å². The van der Waals surface area contributed by atoms with Crippen LogP contribution in [0.4, 0.5) is 0 Å². The molecule has 0 saturated heterocycles. The number of hydrogen-bond acceptors (Lipinski definition) is 3. The predicted octanol–water partition coefficient (Wildman–Crippen LogP) is 5.87. The van der Waals surface area contributed by atoms with E-state index in [9.17, 15) is 0 Å². The van der Waals surface area contributed by atoms with E-state index in [1.54, 1.807) is 11.3 Å². The van der Waals surface area contributed by atoms with Gasteiger partial charge in [-0.15, -0.1) is 11.3 Å². The van der Waals surface area contributed by atoms with Crippen LogP contribution in [-0.2, 0) is 17.8 Å². The lowest BCUT2D eigenvalue weighted by Crippen LogP contribution is -2.22. The van der Waals surface area contributed by atoms with Crippen molar-refractivity contribution >= 4 is 22.9 Å². The Morgan fingerprint density at radius 1 is 1.30 bits per heavy atom. The van der Waals surface area contributed by atoms with Crippen molar-refractivity contribution in [1.82, 2.24) is 0 Å². The Labute approximate surface area is 147 Å². The van der Waals surface area contributed by atoms with Crippen LogP contribution in [0, 0.1) is 19.8 Å². The average molecular weight is 351 g/mol. The van der Waals surface area contributed by atoms with Crippen LogP contribution in [0.3, 0.4) is 0 Å². The molecule has 1 aromatic carbocycles. The number of benzene rings is 1. The first kappa shape index (κ1) is 16.8. The molecule has 0 saturated carbocycles. The molecule has 0 bridgehead atoms. The molecule has 1 aliphatic carbocycles. The molecule has 1 aliphatic rings. The summed E-state index contributed by atoms with van der Waals surface area (Å²) in [7, 11) is 1.81. The van der Waals surface area contributed by atoms with Crippen molar-refractivity contribution < 1.29 is 9.47 Å². The Morgan fingerprint density at radius 2 is 2.09 bits per heavy atom. The molecule has 2 aromatic rings. The average Bonchev–Trinajstić information content (AvgIpc) is 2.94. The molecule has 2 atom stereocenters. The van der Waals surface area contributed by atoms with Crippen LogP contribution in [0.5, 0.6) is 5.75 Å². The van der Waals surface area contributed by atoms with E-state index in [1.165, 1.54) is 28.7 Å². The van der Waals surface area contributed by atoms with Crippen molar-refractivity contribution in [2.45, 2.75) is 46.3 Å². The van der Waals surface area contributed by atoms with Crippen LogP contribution in [0.25, 0.3) is 0 Å². The summed E-state index contributed by atoms with van der Waals surface area (Å²) in [4.78, 5) is 1.14. The molecule has 4 heteroatoms. The van der Waals surface area contributed by atoms with E-state index in [0.29, 0.717) is 12.5 Å². The van der Waals surface area contributed by atoms with Gasteiger partial charge in [0.2, 0.25) is 0 Å². The second-order valence-corrected chi connectivity index (χ2v) is 8.18. The van der Waals surface area contributed by atoms with E-state index in [4.69, 9.17) is 21.1 Å². The number of rotatable bonds is 4. The molecule has 0 fully saturated rings. The summed E-state index contributed by atoms with van der Waals surface area (Å²) in [5.74, 6) is 1.50. The molecule has 0 spiro atoms. The van der Waals surface area contributed by atoms with Crippen molar-refractivity contribution in [3.8, 4) is 5.75 Å². The topological polar surface area (TPSA) is 18.5 Å². The fourth-order valence-electron chi connectivity index (χ4n) is 3.57. The Morgan fingerprint density at radius 3 is 2.74 bits per heavy atom. The smallest absolute Gasteiger partial charge is 0.123 e. The second-order valence-electron chi connectivity index (χ2n) is 6.38. The maximum absolute atomic E-state index is 6.11. The second kappa shape index (κ2) is 6.84. The molecule has 23 heavy (non-hydrogen) atoms. The summed E-state index contributed by atoms with van der Waals surface area (Å²) in [5.41, 5.74) is 5.30. The lowest BCUT2D eigenvalue weighted by Gasteiger charge is -2.33. The molecule has 0 amide bonds. The molecule has 1 aromatic heterocycles. The molecule has 0 radical (unpaired) electrons. The highest BCUT2D eigenvalue weighted by Crippen LogP contribution is 2.43. The van der Waals surface area contributed by atoms with E-state index in [-0.39, 0.29) is 6.10 Å². The van der Waals surface area contributed by atoms with Gasteiger partial charge in [-0.05, 0) is 73.1 Å². The summed E-state index contributed by atoms with van der Waals surface area (Å²) in [6.45, 7) is 7.16. The van der Waals surface area contributed by atoms with Crippen LogP contribution in [-0.4, -0.2) is 7.11 Å². The summed E-state index contributed by atoms with van der Waals surface area (Å²) < 4.78 is 12.7. The molecular weight excluding hydrogens is 328 g/mol. The zero-order chi connectivity index (χ0) is 16.6. The standard InChI is InChI=1S/C19H23ClO2S/c1-11-5-7-15-12(2)9-16(13(3)18(15)19(11)21-4)22-10-14-6-8-17(20)23-14/h6,8-9,11,19H,5,7,10H2,1-4H3/t11-,19-/m1/s1. The quantitative estimate of drug-likeness (QED) is 0.686. The van der Waals surface area contributed by atoms with Crippen molar-refractivity contribution in [3.63, 3.8) is 0 Å². The first-order valence-corrected chi connectivity index (χ1v) is 9.23. The minimum absolute atomic E-state index is 0.164. The van der Waals surface area contributed by atoms with Gasteiger partial charge in [0, 0.05) is 12.0 Å². The van der Waals surface area contributed by atoms with Gasteiger partial charge in [-0.25, -0.2) is 0 Å². The monoisotopic (exact) mass is 350 g/mol. The fourth-order valence-corrected chi connectivity index (χ4v) is 4.57. The van der Waals surface area contributed by atoms with Gasteiger partial charge in [0.1, 0.15) is 12.4 Å². The highest BCUT2D eigenvalue weighted by atomic mass is 35.5. The number of fused-ring (bicyclic) bond motifs is 1. The van der Waals surface area contributed by atoms with E-state index in [0.717, 1.165) is 21.4 Å². The van der Waals surface area contributed by atoms with Crippen LogP contribution in [0.2, 0.25) is 4.34 Å². The normalized spacial score (nSPS) is 20.4. The van der Waals surface area contributed by atoms with Gasteiger partial charge in [-0.1, -0.05) is 18.5 Å². The van der Waals surface area contributed by atoms with E-state index < -0.39 is 0 Å². The molecule has 0 N–H and O–H groups in total. The zero-order valence-electron chi connectivity index (χ0n) is 14.1. The predicted molar refractivity (Wildman–Crippen MR) is 96.8 cm³/mol. The Hall–Kier alpha value is -1.03. The van der Waals surface area contributed by atoms with Crippen LogP contribution < -0.4 is 4.74 Å². The SMILES string of the molecule is CO[C@H]1c2c(C)c(OCc3ccc(Cl)s3)cc(C)c2CC[C@H]1C. The third kappa shape index (κ3) is 3.28. The number of aryl methyl sites for hydroxylation is 1. The molecule has 2 nitrogen and oxygen atoms in total. The number of hydrogen-bond donors (Lipinski definition) is 0. The summed E-state index contributed by atoms with van der Waals surface area (Å²) in [6.07, 6.45) is 2.47. The highest BCUT2D eigenvalue weighted by Gasteiger charge is 2.30. The zero-order valence-corrected chi connectivity index (χ0v) is 15.7. The van der Waals surface area contributed by atoms with Gasteiger partial charge in [0.15, 0.2) is 0 Å². The van der Waals surface area contributed by atoms with Crippen molar-refractivity contribution in [2.24, 2.45) is 5.92 Å². The first-order chi connectivity index (χ1) is 11.0. The lowest BCUT2D eigenvalue weighted by atomic mass is 9.78. The van der Waals surface area contributed by atoms with Crippen LogP contribution in [0.1, 0.15) is 46.6 Å². The summed E-state index contributed by atoms with van der Waals surface area (Å²) in [6, 6.07) is 6.11.